The molecule has 0 heterocycles. The number of hydrogen-bond acceptors (Lipinski definition) is 4. The lowest BCUT2D eigenvalue weighted by Crippen LogP contribution is -2.36. The summed E-state index contributed by atoms with van der Waals surface area (Å²) in [6.45, 7) is 7.69. The fourth-order valence-corrected chi connectivity index (χ4v) is 1.86. The first-order valence-electron chi connectivity index (χ1n) is 6.60. The highest BCUT2D eigenvalue weighted by Crippen LogP contribution is 2.27. The number of amides is 1. The molecule has 1 amide bonds. The minimum absolute atomic E-state index is 0.286. The van der Waals surface area contributed by atoms with Crippen molar-refractivity contribution in [3.8, 4) is 5.75 Å². The average molecular weight is 280 g/mol. The fourth-order valence-electron chi connectivity index (χ4n) is 1.86. The minimum Gasteiger partial charge on any atom is -0.496 e. The molecule has 0 saturated heterocycles. The quantitative estimate of drug-likeness (QED) is 0.889. The molecule has 0 aromatic heterocycles. The van der Waals surface area contributed by atoms with Crippen molar-refractivity contribution in [2.75, 3.05) is 13.7 Å². The lowest BCUT2D eigenvalue weighted by atomic mass is 10.0. The molecule has 0 aliphatic rings. The van der Waals surface area contributed by atoms with Gasteiger partial charge >= 0.3 is 6.09 Å². The van der Waals surface area contributed by atoms with Crippen LogP contribution in [0.4, 0.5) is 4.79 Å². The zero-order chi connectivity index (χ0) is 15.3. The molecule has 0 aliphatic heterocycles. The highest BCUT2D eigenvalue weighted by molar-refractivity contribution is 5.67. The van der Waals surface area contributed by atoms with E-state index in [4.69, 9.17) is 15.2 Å². The first-order valence-corrected chi connectivity index (χ1v) is 6.60. The molecule has 1 atom stereocenters. The number of benzene rings is 1. The Balaban J connectivity index is 2.66. The molecule has 1 aromatic rings. The molecule has 112 valence electrons. The molecular formula is C15H24N2O3. The van der Waals surface area contributed by atoms with E-state index in [-0.39, 0.29) is 12.6 Å². The van der Waals surface area contributed by atoms with E-state index in [0.717, 1.165) is 16.9 Å². The number of ether oxygens (including phenoxy) is 2. The van der Waals surface area contributed by atoms with Crippen molar-refractivity contribution in [2.45, 2.75) is 39.3 Å². The highest BCUT2D eigenvalue weighted by atomic mass is 16.6. The van der Waals surface area contributed by atoms with Gasteiger partial charge in [0, 0.05) is 12.1 Å². The maximum absolute atomic E-state index is 11.6. The third-order valence-corrected chi connectivity index (χ3v) is 2.71. The van der Waals surface area contributed by atoms with E-state index in [2.05, 4.69) is 5.32 Å². The van der Waals surface area contributed by atoms with E-state index in [1.807, 2.05) is 45.9 Å². The van der Waals surface area contributed by atoms with Crippen LogP contribution < -0.4 is 15.8 Å². The van der Waals surface area contributed by atoms with Crippen LogP contribution >= 0.6 is 0 Å². The monoisotopic (exact) mass is 280 g/mol. The molecule has 1 rings (SSSR count). The van der Waals surface area contributed by atoms with E-state index in [0.29, 0.717) is 0 Å². The molecule has 0 saturated carbocycles. The summed E-state index contributed by atoms with van der Waals surface area (Å²) in [4.78, 5) is 11.6. The van der Waals surface area contributed by atoms with Crippen molar-refractivity contribution in [3.05, 3.63) is 29.3 Å². The van der Waals surface area contributed by atoms with Gasteiger partial charge in [-0.1, -0.05) is 18.2 Å². The van der Waals surface area contributed by atoms with Crippen molar-refractivity contribution in [3.63, 3.8) is 0 Å². The number of nitrogens with one attached hydrogen (secondary N) is 1. The van der Waals surface area contributed by atoms with Crippen LogP contribution in [0.3, 0.4) is 0 Å². The Kier molecular flexibility index (Phi) is 5.39. The third kappa shape index (κ3) is 4.74. The van der Waals surface area contributed by atoms with Gasteiger partial charge in [-0.3, -0.25) is 0 Å². The van der Waals surface area contributed by atoms with Gasteiger partial charge in [-0.15, -0.1) is 0 Å². The Morgan fingerprint density at radius 1 is 1.40 bits per heavy atom. The number of carbonyl (C=O) groups excluding carboxylic acids is 1. The molecule has 5 nitrogen and oxygen atoms in total. The SMILES string of the molecule is COc1c(C)cccc1C(N)CNC(=O)OC(C)(C)C. The Morgan fingerprint density at radius 2 is 2.05 bits per heavy atom. The summed E-state index contributed by atoms with van der Waals surface area (Å²) in [6.07, 6.45) is -0.473. The summed E-state index contributed by atoms with van der Waals surface area (Å²) < 4.78 is 10.5. The molecule has 1 aromatic carbocycles. The van der Waals surface area contributed by atoms with Crippen LogP contribution in [0.5, 0.6) is 5.75 Å². The van der Waals surface area contributed by atoms with E-state index in [1.165, 1.54) is 0 Å². The van der Waals surface area contributed by atoms with Gasteiger partial charge in [0.2, 0.25) is 0 Å². The number of methoxy groups -OCH3 is 1. The van der Waals surface area contributed by atoms with Crippen LogP contribution in [0.25, 0.3) is 0 Å². The first kappa shape index (κ1) is 16.3. The number of carbonyl (C=O) groups is 1. The topological polar surface area (TPSA) is 73.6 Å². The van der Waals surface area contributed by atoms with Gasteiger partial charge in [0.25, 0.3) is 0 Å². The maximum Gasteiger partial charge on any atom is 0.407 e. The number of rotatable bonds is 4. The molecule has 20 heavy (non-hydrogen) atoms. The zero-order valence-electron chi connectivity index (χ0n) is 12.8. The summed E-state index contributed by atoms with van der Waals surface area (Å²) in [6, 6.07) is 5.42. The van der Waals surface area contributed by atoms with Gasteiger partial charge in [-0.2, -0.15) is 0 Å². The van der Waals surface area contributed by atoms with Crippen molar-refractivity contribution >= 4 is 6.09 Å². The van der Waals surface area contributed by atoms with Crippen LogP contribution in [0, 0.1) is 6.92 Å². The normalized spacial score (nSPS) is 12.7. The second kappa shape index (κ2) is 6.61. The van der Waals surface area contributed by atoms with Gasteiger partial charge < -0.3 is 20.5 Å². The zero-order valence-corrected chi connectivity index (χ0v) is 12.8. The molecule has 0 fully saturated rings. The molecule has 0 spiro atoms. The number of para-hydroxylation sites is 1. The van der Waals surface area contributed by atoms with Crippen LogP contribution in [-0.4, -0.2) is 25.3 Å². The predicted octanol–water partition coefficient (Wildman–Crippen LogP) is 2.53. The number of hydrogen-bond donors (Lipinski definition) is 2. The summed E-state index contributed by atoms with van der Waals surface area (Å²) >= 11 is 0. The molecular weight excluding hydrogens is 256 g/mol. The van der Waals surface area contributed by atoms with Crippen molar-refractivity contribution < 1.29 is 14.3 Å². The van der Waals surface area contributed by atoms with Crippen molar-refractivity contribution in [1.29, 1.82) is 0 Å². The second-order valence-electron chi connectivity index (χ2n) is 5.69. The van der Waals surface area contributed by atoms with Crippen LogP contribution in [0.2, 0.25) is 0 Å². The lowest BCUT2D eigenvalue weighted by molar-refractivity contribution is 0.0524. The van der Waals surface area contributed by atoms with Gasteiger partial charge in [-0.05, 0) is 33.3 Å². The fraction of sp³-hybridized carbons (Fsp3) is 0.533. The van der Waals surface area contributed by atoms with Gasteiger partial charge in [0.15, 0.2) is 0 Å². The van der Waals surface area contributed by atoms with Gasteiger partial charge in [0.1, 0.15) is 11.4 Å². The van der Waals surface area contributed by atoms with E-state index >= 15 is 0 Å². The molecule has 0 aliphatic carbocycles. The largest absolute Gasteiger partial charge is 0.496 e. The van der Waals surface area contributed by atoms with E-state index in [9.17, 15) is 4.79 Å². The predicted molar refractivity (Wildman–Crippen MR) is 78.9 cm³/mol. The number of alkyl carbamates (subject to hydrolysis) is 1. The van der Waals surface area contributed by atoms with Crippen LogP contribution in [0.1, 0.15) is 37.9 Å². The Labute approximate surface area is 120 Å². The van der Waals surface area contributed by atoms with E-state index in [1.54, 1.807) is 7.11 Å². The van der Waals surface area contributed by atoms with Crippen molar-refractivity contribution in [1.82, 2.24) is 5.32 Å². The lowest BCUT2D eigenvalue weighted by Gasteiger charge is -2.21. The van der Waals surface area contributed by atoms with Gasteiger partial charge in [0.05, 0.1) is 13.2 Å². The molecule has 1 unspecified atom stereocenters. The third-order valence-electron chi connectivity index (χ3n) is 2.71. The number of nitrogens with two attached hydrogens (primary N) is 1. The van der Waals surface area contributed by atoms with Crippen molar-refractivity contribution in [2.24, 2.45) is 5.73 Å². The second-order valence-corrected chi connectivity index (χ2v) is 5.69. The molecule has 0 bridgehead atoms. The minimum atomic E-state index is -0.519. The average Bonchev–Trinajstić information content (AvgIpc) is 2.33. The van der Waals surface area contributed by atoms with Crippen LogP contribution in [-0.2, 0) is 4.74 Å². The van der Waals surface area contributed by atoms with E-state index < -0.39 is 11.7 Å². The number of aryl methyl sites for hydroxylation is 1. The highest BCUT2D eigenvalue weighted by Gasteiger charge is 2.18. The first-order chi connectivity index (χ1) is 9.24. The molecule has 3 N–H and O–H groups in total. The standard InChI is InChI=1S/C15H24N2O3/c1-10-7-6-8-11(13(10)19-5)12(16)9-17-14(18)20-15(2,3)4/h6-8,12H,9,16H2,1-5H3,(H,17,18). The summed E-state index contributed by atoms with van der Waals surface area (Å²) in [5, 5.41) is 2.67. The van der Waals surface area contributed by atoms with Gasteiger partial charge in [-0.25, -0.2) is 4.79 Å². The van der Waals surface area contributed by atoms with Crippen LogP contribution in [0.15, 0.2) is 18.2 Å². The molecule has 5 heteroatoms. The molecule has 0 radical (unpaired) electrons. The Morgan fingerprint density at radius 3 is 2.60 bits per heavy atom. The Bertz CT molecular complexity index is 467. The summed E-state index contributed by atoms with van der Waals surface area (Å²) in [5.41, 5.74) is 7.46. The summed E-state index contributed by atoms with van der Waals surface area (Å²) in [7, 11) is 1.61. The summed E-state index contributed by atoms with van der Waals surface area (Å²) in [5.74, 6) is 0.756. The Hall–Kier alpha value is -1.75. The maximum atomic E-state index is 11.6. The smallest absolute Gasteiger partial charge is 0.407 e.